The van der Waals surface area contributed by atoms with E-state index in [4.69, 9.17) is 0 Å². The van der Waals surface area contributed by atoms with Gasteiger partial charge in [-0.3, -0.25) is 4.98 Å². The van der Waals surface area contributed by atoms with Crippen LogP contribution in [0.1, 0.15) is 33.4 Å². The second kappa shape index (κ2) is 3.43. The van der Waals surface area contributed by atoms with Crippen LogP contribution in [0.3, 0.4) is 0 Å². The van der Waals surface area contributed by atoms with Gasteiger partial charge in [0.25, 0.3) is 0 Å². The SMILES string of the molecule is Cc1cc2c(c(C)c1C)Cc1c(C)cncc1-2. The van der Waals surface area contributed by atoms with E-state index >= 15 is 0 Å². The van der Waals surface area contributed by atoms with Gasteiger partial charge in [0.15, 0.2) is 0 Å². The van der Waals surface area contributed by atoms with Gasteiger partial charge in [-0.25, -0.2) is 0 Å². The van der Waals surface area contributed by atoms with Crippen LogP contribution < -0.4 is 0 Å². The van der Waals surface area contributed by atoms with E-state index in [0.717, 1.165) is 6.42 Å². The van der Waals surface area contributed by atoms with Crippen LogP contribution in [-0.2, 0) is 6.42 Å². The molecule has 1 heteroatoms. The third-order valence-electron chi connectivity index (χ3n) is 4.21. The van der Waals surface area contributed by atoms with Gasteiger partial charge in [-0.2, -0.15) is 0 Å². The predicted octanol–water partition coefficient (Wildman–Crippen LogP) is 3.89. The average Bonchev–Trinajstić information content (AvgIpc) is 2.67. The first-order valence-corrected chi connectivity index (χ1v) is 6.13. The standard InChI is InChI=1S/C16H17N/c1-9-5-15-14(12(4)11(9)3)6-13-10(2)7-17-8-16(13)15/h5,7-8H,6H2,1-4H3. The molecule has 0 bridgehead atoms. The van der Waals surface area contributed by atoms with Crippen molar-refractivity contribution in [3.63, 3.8) is 0 Å². The van der Waals surface area contributed by atoms with Gasteiger partial charge in [0.05, 0.1) is 0 Å². The highest BCUT2D eigenvalue weighted by Gasteiger charge is 2.23. The maximum Gasteiger partial charge on any atom is 0.0349 e. The number of fused-ring (bicyclic) bond motifs is 3. The van der Waals surface area contributed by atoms with Gasteiger partial charge < -0.3 is 0 Å². The highest BCUT2D eigenvalue weighted by molar-refractivity contribution is 5.79. The molecule has 0 fully saturated rings. The van der Waals surface area contributed by atoms with Gasteiger partial charge in [-0.05, 0) is 73.1 Å². The summed E-state index contributed by atoms with van der Waals surface area (Å²) >= 11 is 0. The molecule has 1 aromatic carbocycles. The van der Waals surface area contributed by atoms with Crippen LogP contribution in [0.25, 0.3) is 11.1 Å². The first-order valence-electron chi connectivity index (χ1n) is 6.13. The minimum absolute atomic E-state index is 1.08. The van der Waals surface area contributed by atoms with E-state index in [0.29, 0.717) is 0 Å². The quantitative estimate of drug-likeness (QED) is 0.563. The molecule has 0 spiro atoms. The van der Waals surface area contributed by atoms with E-state index in [1.54, 1.807) is 0 Å². The van der Waals surface area contributed by atoms with Crippen molar-refractivity contribution in [3.05, 3.63) is 51.8 Å². The number of benzene rings is 1. The van der Waals surface area contributed by atoms with Crippen LogP contribution in [0, 0.1) is 27.7 Å². The zero-order valence-electron chi connectivity index (χ0n) is 10.9. The average molecular weight is 223 g/mol. The molecule has 0 amide bonds. The fourth-order valence-electron chi connectivity index (χ4n) is 2.84. The molecule has 1 aliphatic carbocycles. The molecular formula is C16H17N. The molecule has 2 aromatic rings. The van der Waals surface area contributed by atoms with E-state index in [2.05, 4.69) is 38.7 Å². The lowest BCUT2D eigenvalue weighted by Crippen LogP contribution is -1.93. The lowest BCUT2D eigenvalue weighted by molar-refractivity contribution is 1.14. The van der Waals surface area contributed by atoms with Crippen molar-refractivity contribution >= 4 is 0 Å². The van der Waals surface area contributed by atoms with E-state index in [1.807, 2.05) is 12.4 Å². The minimum atomic E-state index is 1.08. The normalized spacial score (nSPS) is 12.5. The van der Waals surface area contributed by atoms with Crippen molar-refractivity contribution in [2.45, 2.75) is 34.1 Å². The Hall–Kier alpha value is -1.63. The van der Waals surface area contributed by atoms with Gasteiger partial charge in [0, 0.05) is 18.0 Å². The predicted molar refractivity (Wildman–Crippen MR) is 71.4 cm³/mol. The summed E-state index contributed by atoms with van der Waals surface area (Å²) in [6.45, 7) is 8.82. The summed E-state index contributed by atoms with van der Waals surface area (Å²) in [6, 6.07) is 2.32. The Morgan fingerprint density at radius 3 is 2.35 bits per heavy atom. The third kappa shape index (κ3) is 1.35. The van der Waals surface area contributed by atoms with Gasteiger partial charge in [-0.15, -0.1) is 0 Å². The molecule has 17 heavy (non-hydrogen) atoms. The molecule has 0 unspecified atom stereocenters. The number of aryl methyl sites for hydroxylation is 2. The lowest BCUT2D eigenvalue weighted by Gasteiger charge is -2.11. The van der Waals surface area contributed by atoms with Crippen LogP contribution in [0.4, 0.5) is 0 Å². The van der Waals surface area contributed by atoms with Crippen molar-refractivity contribution in [1.82, 2.24) is 4.98 Å². The molecule has 0 saturated heterocycles. The maximum atomic E-state index is 4.34. The fourth-order valence-corrected chi connectivity index (χ4v) is 2.84. The van der Waals surface area contributed by atoms with Crippen LogP contribution >= 0.6 is 0 Å². The van der Waals surface area contributed by atoms with Crippen molar-refractivity contribution in [3.8, 4) is 11.1 Å². The number of aromatic nitrogens is 1. The summed E-state index contributed by atoms with van der Waals surface area (Å²) in [5.74, 6) is 0. The van der Waals surface area contributed by atoms with E-state index in [1.165, 1.54) is 44.5 Å². The Balaban J connectivity index is 2.35. The van der Waals surface area contributed by atoms with Gasteiger partial charge in [-0.1, -0.05) is 6.07 Å². The third-order valence-corrected chi connectivity index (χ3v) is 4.21. The Kier molecular flexibility index (Phi) is 2.12. The maximum absolute atomic E-state index is 4.34. The number of pyridine rings is 1. The molecule has 1 nitrogen and oxygen atoms in total. The molecule has 1 aromatic heterocycles. The Labute approximate surface area is 103 Å². The first-order chi connectivity index (χ1) is 8.09. The monoisotopic (exact) mass is 223 g/mol. The van der Waals surface area contributed by atoms with Crippen molar-refractivity contribution in [1.29, 1.82) is 0 Å². The Morgan fingerprint density at radius 2 is 1.59 bits per heavy atom. The highest BCUT2D eigenvalue weighted by atomic mass is 14.6. The second-order valence-corrected chi connectivity index (χ2v) is 5.13. The van der Waals surface area contributed by atoms with E-state index in [9.17, 15) is 0 Å². The number of hydrogen-bond acceptors (Lipinski definition) is 1. The molecule has 0 atom stereocenters. The molecule has 0 aliphatic heterocycles. The molecular weight excluding hydrogens is 206 g/mol. The van der Waals surface area contributed by atoms with Crippen molar-refractivity contribution in [2.24, 2.45) is 0 Å². The Morgan fingerprint density at radius 1 is 0.824 bits per heavy atom. The molecule has 1 aliphatic rings. The second-order valence-electron chi connectivity index (χ2n) is 5.13. The summed E-state index contributed by atoms with van der Waals surface area (Å²) in [4.78, 5) is 4.34. The minimum Gasteiger partial charge on any atom is -0.264 e. The zero-order chi connectivity index (χ0) is 12.2. The van der Waals surface area contributed by atoms with Crippen molar-refractivity contribution in [2.75, 3.05) is 0 Å². The molecule has 0 saturated carbocycles. The van der Waals surface area contributed by atoms with Gasteiger partial charge >= 0.3 is 0 Å². The molecule has 0 N–H and O–H groups in total. The number of rotatable bonds is 0. The largest absolute Gasteiger partial charge is 0.264 e. The topological polar surface area (TPSA) is 12.9 Å². The zero-order valence-corrected chi connectivity index (χ0v) is 10.9. The Bertz CT molecular complexity index is 624. The summed E-state index contributed by atoms with van der Waals surface area (Å²) < 4.78 is 0. The summed E-state index contributed by atoms with van der Waals surface area (Å²) in [7, 11) is 0. The molecule has 1 heterocycles. The van der Waals surface area contributed by atoms with Gasteiger partial charge in [0.1, 0.15) is 0 Å². The van der Waals surface area contributed by atoms with Crippen LogP contribution in [0.5, 0.6) is 0 Å². The summed E-state index contributed by atoms with van der Waals surface area (Å²) in [6.07, 6.45) is 5.06. The van der Waals surface area contributed by atoms with Crippen LogP contribution in [0.2, 0.25) is 0 Å². The first kappa shape index (κ1) is 10.5. The van der Waals surface area contributed by atoms with Gasteiger partial charge in [0.2, 0.25) is 0 Å². The molecule has 0 radical (unpaired) electrons. The number of nitrogens with zero attached hydrogens (tertiary/aromatic N) is 1. The smallest absolute Gasteiger partial charge is 0.0349 e. The van der Waals surface area contributed by atoms with Crippen LogP contribution in [-0.4, -0.2) is 4.98 Å². The fraction of sp³-hybridized carbons (Fsp3) is 0.312. The van der Waals surface area contributed by atoms with Crippen molar-refractivity contribution < 1.29 is 0 Å². The van der Waals surface area contributed by atoms with E-state index in [-0.39, 0.29) is 0 Å². The van der Waals surface area contributed by atoms with Crippen LogP contribution in [0.15, 0.2) is 18.5 Å². The lowest BCUT2D eigenvalue weighted by atomic mass is 9.94. The molecule has 86 valence electrons. The summed E-state index contributed by atoms with van der Waals surface area (Å²) in [5, 5.41) is 0. The summed E-state index contributed by atoms with van der Waals surface area (Å²) in [5.41, 5.74) is 11.3. The molecule has 3 rings (SSSR count). The highest BCUT2D eigenvalue weighted by Crippen LogP contribution is 2.40. The van der Waals surface area contributed by atoms with E-state index < -0.39 is 0 Å². The number of hydrogen-bond donors (Lipinski definition) is 0.